The smallest absolute Gasteiger partial charge is 0.119 e. The number of ether oxygens (including phenoxy) is 1. The molecule has 1 fully saturated rings. The summed E-state index contributed by atoms with van der Waals surface area (Å²) in [6.07, 6.45) is 15.5. The van der Waals surface area contributed by atoms with Crippen molar-refractivity contribution in [3.05, 3.63) is 77.4 Å². The molecule has 1 aliphatic rings. The van der Waals surface area contributed by atoms with Crippen molar-refractivity contribution in [1.82, 2.24) is 0 Å². The minimum Gasteiger partial charge on any atom is -0.494 e. The van der Waals surface area contributed by atoms with Crippen LogP contribution in [0.2, 0.25) is 0 Å². The van der Waals surface area contributed by atoms with E-state index in [-0.39, 0.29) is 0 Å². The molecular weight excluding hydrogens is 424 g/mol. The lowest BCUT2D eigenvalue weighted by atomic mass is 9.77. The molecule has 1 nitrogen and oxygen atoms in total. The van der Waals surface area contributed by atoms with Crippen LogP contribution in [0.5, 0.6) is 5.75 Å². The van der Waals surface area contributed by atoms with Crippen molar-refractivity contribution in [3.63, 3.8) is 0 Å². The highest BCUT2D eigenvalue weighted by atomic mass is 16.5. The van der Waals surface area contributed by atoms with Gasteiger partial charge in [0, 0.05) is 11.1 Å². The van der Waals surface area contributed by atoms with Crippen LogP contribution in [0.1, 0.15) is 107 Å². The van der Waals surface area contributed by atoms with E-state index in [9.17, 15) is 0 Å². The van der Waals surface area contributed by atoms with Crippen LogP contribution in [-0.4, -0.2) is 6.61 Å². The van der Waals surface area contributed by atoms with Crippen LogP contribution in [0.3, 0.4) is 0 Å². The third-order valence-electron chi connectivity index (χ3n) is 7.67. The zero-order valence-electron chi connectivity index (χ0n) is 21.8. The van der Waals surface area contributed by atoms with Gasteiger partial charge in [0.1, 0.15) is 5.75 Å². The Morgan fingerprint density at radius 2 is 1.34 bits per heavy atom. The molecule has 1 saturated carbocycles. The number of rotatable bonds is 10. The average Bonchev–Trinajstić information content (AvgIpc) is 2.90. The van der Waals surface area contributed by atoms with E-state index in [1.165, 1.54) is 87.0 Å². The number of fused-ring (bicyclic) bond motifs is 1. The number of benzene rings is 3. The van der Waals surface area contributed by atoms with Crippen molar-refractivity contribution < 1.29 is 4.74 Å². The topological polar surface area (TPSA) is 9.23 Å². The normalized spacial score (nSPS) is 17.7. The van der Waals surface area contributed by atoms with Crippen LogP contribution >= 0.6 is 0 Å². The summed E-state index contributed by atoms with van der Waals surface area (Å²) >= 11 is 0. The van der Waals surface area contributed by atoms with Crippen molar-refractivity contribution in [3.8, 4) is 17.6 Å². The molecule has 0 heterocycles. The Labute approximate surface area is 213 Å². The summed E-state index contributed by atoms with van der Waals surface area (Å²) in [7, 11) is 0. The molecule has 3 aromatic carbocycles. The molecule has 0 atom stereocenters. The number of hydrogen-bond acceptors (Lipinski definition) is 1. The molecule has 0 bridgehead atoms. The molecule has 0 aromatic heterocycles. The summed E-state index contributed by atoms with van der Waals surface area (Å²) in [5.74, 6) is 9.34. The molecule has 0 radical (unpaired) electrons. The zero-order chi connectivity index (χ0) is 24.3. The molecule has 0 amide bonds. The van der Waals surface area contributed by atoms with Gasteiger partial charge in [-0.05, 0) is 97.2 Å². The van der Waals surface area contributed by atoms with E-state index < -0.39 is 0 Å². The van der Waals surface area contributed by atoms with Gasteiger partial charge in [0.05, 0.1) is 6.61 Å². The quantitative estimate of drug-likeness (QED) is 0.213. The molecule has 1 aliphatic carbocycles. The van der Waals surface area contributed by atoms with Crippen molar-refractivity contribution in [2.75, 3.05) is 6.61 Å². The Morgan fingerprint density at radius 1 is 0.686 bits per heavy atom. The first-order valence-corrected chi connectivity index (χ1v) is 14.0. The molecule has 0 aliphatic heterocycles. The Hall–Kier alpha value is -2.72. The molecule has 35 heavy (non-hydrogen) atoms. The van der Waals surface area contributed by atoms with Gasteiger partial charge in [-0.1, -0.05) is 88.0 Å². The standard InChI is InChI=1S/C34H42O/c1-3-5-6-7-8-9-10-27-13-18-30(19-14-27)31-20-15-28(16-21-31)11-12-29-17-22-33-26-34(35-4-2)24-23-32(33)25-29/h15-17,20-27,30H,3-10,13-14,18-19H2,1-2H3. The van der Waals surface area contributed by atoms with Gasteiger partial charge in [-0.3, -0.25) is 0 Å². The van der Waals surface area contributed by atoms with E-state index in [1.807, 2.05) is 13.0 Å². The largest absolute Gasteiger partial charge is 0.494 e. The lowest BCUT2D eigenvalue weighted by molar-refractivity contribution is 0.302. The summed E-state index contributed by atoms with van der Waals surface area (Å²) in [4.78, 5) is 0. The fourth-order valence-electron chi connectivity index (χ4n) is 5.54. The van der Waals surface area contributed by atoms with Gasteiger partial charge in [0.15, 0.2) is 0 Å². The van der Waals surface area contributed by atoms with E-state index in [4.69, 9.17) is 4.74 Å². The molecule has 184 valence electrons. The molecule has 4 rings (SSSR count). The van der Waals surface area contributed by atoms with Gasteiger partial charge < -0.3 is 4.74 Å². The van der Waals surface area contributed by atoms with E-state index in [0.29, 0.717) is 6.61 Å². The summed E-state index contributed by atoms with van der Waals surface area (Å²) in [5.41, 5.74) is 3.65. The average molecular weight is 467 g/mol. The lowest BCUT2D eigenvalue weighted by Crippen LogP contribution is -2.13. The van der Waals surface area contributed by atoms with Crippen molar-refractivity contribution in [2.24, 2.45) is 5.92 Å². The Balaban J connectivity index is 1.27. The maximum atomic E-state index is 5.61. The van der Waals surface area contributed by atoms with Gasteiger partial charge >= 0.3 is 0 Å². The molecule has 0 unspecified atom stereocenters. The van der Waals surface area contributed by atoms with Gasteiger partial charge in [0.25, 0.3) is 0 Å². The Morgan fingerprint density at radius 3 is 2.11 bits per heavy atom. The first kappa shape index (κ1) is 25.4. The highest BCUT2D eigenvalue weighted by Crippen LogP contribution is 2.37. The molecule has 3 aromatic rings. The lowest BCUT2D eigenvalue weighted by Gasteiger charge is -2.29. The second-order valence-corrected chi connectivity index (χ2v) is 10.3. The van der Waals surface area contributed by atoms with Crippen LogP contribution in [0.15, 0.2) is 60.7 Å². The highest BCUT2D eigenvalue weighted by Gasteiger charge is 2.21. The molecule has 1 heteroatoms. The fraction of sp³-hybridized carbons (Fsp3) is 0.471. The molecule has 0 N–H and O–H groups in total. The fourth-order valence-corrected chi connectivity index (χ4v) is 5.54. The predicted octanol–water partition coefficient (Wildman–Crippen LogP) is 9.66. The summed E-state index contributed by atoms with van der Waals surface area (Å²) in [6.45, 7) is 5.00. The minimum absolute atomic E-state index is 0.689. The Bertz CT molecular complexity index is 1110. The van der Waals surface area contributed by atoms with Gasteiger partial charge in [0.2, 0.25) is 0 Å². The number of unbranched alkanes of at least 4 members (excludes halogenated alkanes) is 5. The van der Waals surface area contributed by atoms with Crippen molar-refractivity contribution >= 4 is 10.8 Å². The monoisotopic (exact) mass is 466 g/mol. The van der Waals surface area contributed by atoms with E-state index >= 15 is 0 Å². The third-order valence-corrected chi connectivity index (χ3v) is 7.67. The van der Waals surface area contributed by atoms with Gasteiger partial charge in [-0.2, -0.15) is 0 Å². The predicted molar refractivity (Wildman–Crippen MR) is 150 cm³/mol. The van der Waals surface area contributed by atoms with Crippen LogP contribution in [0.25, 0.3) is 10.8 Å². The molecule has 0 spiro atoms. The minimum atomic E-state index is 0.689. The maximum absolute atomic E-state index is 5.61. The molecule has 0 saturated heterocycles. The second-order valence-electron chi connectivity index (χ2n) is 10.3. The van der Waals surface area contributed by atoms with Gasteiger partial charge in [-0.15, -0.1) is 0 Å². The van der Waals surface area contributed by atoms with E-state index in [2.05, 4.69) is 73.4 Å². The van der Waals surface area contributed by atoms with Crippen LogP contribution in [0, 0.1) is 17.8 Å². The van der Waals surface area contributed by atoms with Crippen molar-refractivity contribution in [1.29, 1.82) is 0 Å². The van der Waals surface area contributed by atoms with E-state index in [1.54, 1.807) is 0 Å². The summed E-state index contributed by atoms with van der Waals surface area (Å²) in [6, 6.07) is 21.7. The summed E-state index contributed by atoms with van der Waals surface area (Å²) < 4.78 is 5.61. The first-order chi connectivity index (χ1) is 17.2. The van der Waals surface area contributed by atoms with Crippen LogP contribution in [0.4, 0.5) is 0 Å². The molecular formula is C34H42O. The zero-order valence-corrected chi connectivity index (χ0v) is 21.8. The third kappa shape index (κ3) is 7.63. The SMILES string of the molecule is CCCCCCCCC1CCC(c2ccc(C#Cc3ccc4cc(OCC)ccc4c3)cc2)CC1. The first-order valence-electron chi connectivity index (χ1n) is 14.0. The van der Waals surface area contributed by atoms with E-state index in [0.717, 1.165) is 28.7 Å². The van der Waals surface area contributed by atoms with Crippen molar-refractivity contribution in [2.45, 2.75) is 90.4 Å². The number of hydrogen-bond donors (Lipinski definition) is 0. The van der Waals surface area contributed by atoms with Crippen LogP contribution < -0.4 is 4.74 Å². The second kappa shape index (κ2) is 13.4. The van der Waals surface area contributed by atoms with Crippen LogP contribution in [-0.2, 0) is 0 Å². The highest BCUT2D eigenvalue weighted by molar-refractivity contribution is 5.85. The van der Waals surface area contributed by atoms with Gasteiger partial charge in [-0.25, -0.2) is 0 Å². The Kier molecular flexibility index (Phi) is 9.71. The summed E-state index contributed by atoms with van der Waals surface area (Å²) in [5, 5.41) is 2.38. The maximum Gasteiger partial charge on any atom is 0.119 e.